The monoisotopic (exact) mass is 568 g/mol. The number of hydrogen-bond donors (Lipinski definition) is 2. The zero-order chi connectivity index (χ0) is 29.1. The van der Waals surface area contributed by atoms with Crippen molar-refractivity contribution >= 4 is 33.9 Å². The molecule has 2 aromatic carbocycles. The number of rotatable bonds is 9. The van der Waals surface area contributed by atoms with Crippen LogP contribution in [0.15, 0.2) is 54.7 Å². The summed E-state index contributed by atoms with van der Waals surface area (Å²) >= 11 is 0. The molecule has 4 aromatic rings. The fourth-order valence-electron chi connectivity index (χ4n) is 6.39. The maximum atomic E-state index is 5.91. The molecule has 0 unspecified atom stereocenters. The van der Waals surface area contributed by atoms with Gasteiger partial charge in [-0.1, -0.05) is 18.2 Å². The first kappa shape index (κ1) is 28.3. The van der Waals surface area contributed by atoms with Crippen molar-refractivity contribution in [3.8, 4) is 5.75 Å². The highest BCUT2D eigenvalue weighted by Gasteiger charge is 2.27. The highest BCUT2D eigenvalue weighted by atomic mass is 16.5. The van der Waals surface area contributed by atoms with E-state index in [0.29, 0.717) is 12.5 Å². The lowest BCUT2D eigenvalue weighted by Gasteiger charge is -2.42. The summed E-state index contributed by atoms with van der Waals surface area (Å²) in [5.41, 5.74) is 6.26. The number of para-hydroxylation sites is 2. The van der Waals surface area contributed by atoms with Crippen molar-refractivity contribution in [2.45, 2.75) is 32.2 Å². The quantitative estimate of drug-likeness (QED) is 0.294. The van der Waals surface area contributed by atoms with Crippen LogP contribution in [0.4, 0.5) is 22.9 Å². The van der Waals surface area contributed by atoms with Gasteiger partial charge in [0.1, 0.15) is 17.1 Å². The smallest absolute Gasteiger partial charge is 0.158 e. The van der Waals surface area contributed by atoms with Crippen LogP contribution in [0.5, 0.6) is 5.75 Å². The molecular formula is C33H44N8O. The SMILES string of the molecule is CCNc1ccccc1Nc1nc(Cc2ccc(N3CCC(N4CCN(C)CC4)CC3)cc2OC)nc2ccn(C)c12. The average Bonchev–Trinajstić information content (AvgIpc) is 3.39. The summed E-state index contributed by atoms with van der Waals surface area (Å²) in [4.78, 5) is 17.6. The average molecular weight is 569 g/mol. The third-order valence-corrected chi connectivity index (χ3v) is 8.82. The van der Waals surface area contributed by atoms with Crippen molar-refractivity contribution in [3.63, 3.8) is 0 Å². The molecule has 2 fully saturated rings. The Morgan fingerprint density at radius 3 is 2.40 bits per heavy atom. The van der Waals surface area contributed by atoms with E-state index in [1.165, 1.54) is 44.7 Å². The first-order valence-electron chi connectivity index (χ1n) is 15.3. The van der Waals surface area contributed by atoms with E-state index in [1.54, 1.807) is 7.11 Å². The molecule has 2 aromatic heterocycles. The number of benzene rings is 2. The summed E-state index contributed by atoms with van der Waals surface area (Å²) in [5, 5.41) is 7.02. The number of nitrogens with zero attached hydrogens (tertiary/aromatic N) is 6. The van der Waals surface area contributed by atoms with E-state index in [-0.39, 0.29) is 0 Å². The van der Waals surface area contributed by atoms with E-state index in [9.17, 15) is 0 Å². The molecule has 0 saturated carbocycles. The second kappa shape index (κ2) is 12.6. The molecule has 42 heavy (non-hydrogen) atoms. The first-order chi connectivity index (χ1) is 20.5. The lowest BCUT2D eigenvalue weighted by Crippen LogP contribution is -2.52. The fraction of sp³-hybridized carbons (Fsp3) is 0.455. The van der Waals surface area contributed by atoms with Crippen molar-refractivity contribution in [2.24, 2.45) is 7.05 Å². The van der Waals surface area contributed by atoms with E-state index < -0.39 is 0 Å². The molecule has 0 amide bonds. The van der Waals surface area contributed by atoms with Gasteiger partial charge in [0.2, 0.25) is 0 Å². The Kier molecular flexibility index (Phi) is 8.48. The molecule has 2 N–H and O–H groups in total. The lowest BCUT2D eigenvalue weighted by atomic mass is 10.0. The van der Waals surface area contributed by atoms with Gasteiger partial charge in [0, 0.05) is 88.8 Å². The number of ether oxygens (including phenoxy) is 1. The standard InChI is InChI=1S/C33H44N8O/c1-5-34-27-8-6-7-9-28(27)36-33-32-29(14-15-39(32)3)35-31(37-33)22-24-10-11-26(23-30(24)42-4)40-16-12-25(13-17-40)41-20-18-38(2)19-21-41/h6-11,14-15,23,25,34H,5,12-13,16-22H2,1-4H3,(H,35,36,37). The number of aromatic nitrogens is 3. The van der Waals surface area contributed by atoms with Gasteiger partial charge in [0.15, 0.2) is 5.82 Å². The Morgan fingerprint density at radius 1 is 0.905 bits per heavy atom. The number of nitrogens with one attached hydrogen (secondary N) is 2. The normalized spacial score (nSPS) is 17.1. The van der Waals surface area contributed by atoms with Crippen LogP contribution >= 0.6 is 0 Å². The molecule has 2 saturated heterocycles. The van der Waals surface area contributed by atoms with Gasteiger partial charge in [-0.3, -0.25) is 4.90 Å². The van der Waals surface area contributed by atoms with Crippen molar-refractivity contribution in [1.82, 2.24) is 24.3 Å². The lowest BCUT2D eigenvalue weighted by molar-refractivity contribution is 0.0982. The number of methoxy groups -OCH3 is 1. The van der Waals surface area contributed by atoms with E-state index >= 15 is 0 Å². The molecule has 9 nitrogen and oxygen atoms in total. The minimum absolute atomic E-state index is 0.587. The molecule has 222 valence electrons. The Bertz CT molecular complexity index is 1500. The highest BCUT2D eigenvalue weighted by Crippen LogP contribution is 2.32. The predicted octanol–water partition coefficient (Wildman–Crippen LogP) is 4.96. The molecule has 0 aliphatic carbocycles. The minimum atomic E-state index is 0.587. The van der Waals surface area contributed by atoms with Gasteiger partial charge in [-0.25, -0.2) is 9.97 Å². The first-order valence-corrected chi connectivity index (χ1v) is 15.3. The third-order valence-electron chi connectivity index (χ3n) is 8.82. The number of fused-ring (bicyclic) bond motifs is 1. The molecule has 6 rings (SSSR count). The van der Waals surface area contributed by atoms with Crippen molar-refractivity contribution < 1.29 is 4.74 Å². The summed E-state index contributed by atoms with van der Waals surface area (Å²) in [7, 11) is 6.01. The molecule has 9 heteroatoms. The molecular weight excluding hydrogens is 524 g/mol. The molecule has 0 bridgehead atoms. The molecule has 2 aliphatic rings. The summed E-state index contributed by atoms with van der Waals surface area (Å²) in [6, 6.07) is 17.6. The van der Waals surface area contributed by atoms with Gasteiger partial charge in [0.25, 0.3) is 0 Å². The highest BCUT2D eigenvalue weighted by molar-refractivity contribution is 5.90. The van der Waals surface area contributed by atoms with Crippen LogP contribution in [0, 0.1) is 0 Å². The van der Waals surface area contributed by atoms with Gasteiger partial charge in [-0.2, -0.15) is 0 Å². The third kappa shape index (κ3) is 6.03. The Hall–Kier alpha value is -3.82. The minimum Gasteiger partial charge on any atom is -0.496 e. The Balaban J connectivity index is 1.20. The van der Waals surface area contributed by atoms with E-state index in [0.717, 1.165) is 65.0 Å². The Morgan fingerprint density at radius 2 is 1.67 bits per heavy atom. The number of aryl methyl sites for hydroxylation is 1. The second-order valence-electron chi connectivity index (χ2n) is 11.6. The maximum Gasteiger partial charge on any atom is 0.158 e. The predicted molar refractivity (Wildman–Crippen MR) is 173 cm³/mol. The van der Waals surface area contributed by atoms with Gasteiger partial charge in [-0.15, -0.1) is 0 Å². The number of likely N-dealkylation sites (N-methyl/N-ethyl adjacent to an activating group) is 1. The fourth-order valence-corrected chi connectivity index (χ4v) is 6.39. The van der Waals surface area contributed by atoms with Crippen LogP contribution in [-0.4, -0.2) is 90.3 Å². The van der Waals surface area contributed by atoms with Crippen LogP contribution in [0.25, 0.3) is 11.0 Å². The molecule has 0 spiro atoms. The number of piperazine rings is 1. The van der Waals surface area contributed by atoms with Crippen LogP contribution in [0.1, 0.15) is 31.2 Å². The summed E-state index contributed by atoms with van der Waals surface area (Å²) < 4.78 is 7.98. The van der Waals surface area contributed by atoms with Crippen LogP contribution in [0.3, 0.4) is 0 Å². The van der Waals surface area contributed by atoms with Crippen molar-refractivity contribution in [1.29, 1.82) is 0 Å². The van der Waals surface area contributed by atoms with Gasteiger partial charge < -0.3 is 29.7 Å². The number of anilines is 4. The molecule has 4 heterocycles. The van der Waals surface area contributed by atoms with Crippen LogP contribution < -0.4 is 20.3 Å². The van der Waals surface area contributed by atoms with Gasteiger partial charge >= 0.3 is 0 Å². The number of hydrogen-bond acceptors (Lipinski definition) is 8. The topological polar surface area (TPSA) is 73.7 Å². The molecule has 2 aliphatic heterocycles. The van der Waals surface area contributed by atoms with E-state index in [2.05, 4.69) is 74.2 Å². The number of piperidine rings is 1. The zero-order valence-electron chi connectivity index (χ0n) is 25.4. The largest absolute Gasteiger partial charge is 0.496 e. The summed E-state index contributed by atoms with van der Waals surface area (Å²) in [6.45, 7) is 9.86. The van der Waals surface area contributed by atoms with Crippen molar-refractivity contribution in [3.05, 3.63) is 66.1 Å². The summed E-state index contributed by atoms with van der Waals surface area (Å²) in [6.07, 6.45) is 5.05. The van der Waals surface area contributed by atoms with Crippen molar-refractivity contribution in [2.75, 3.05) is 75.5 Å². The van der Waals surface area contributed by atoms with Crippen LogP contribution in [0.2, 0.25) is 0 Å². The molecule has 0 radical (unpaired) electrons. The van der Waals surface area contributed by atoms with E-state index in [1.807, 2.05) is 31.4 Å². The second-order valence-corrected chi connectivity index (χ2v) is 11.6. The Labute approximate surface area is 249 Å². The van der Waals surface area contributed by atoms with E-state index in [4.69, 9.17) is 14.7 Å². The maximum absolute atomic E-state index is 5.91. The van der Waals surface area contributed by atoms with Gasteiger partial charge in [0.05, 0.1) is 24.0 Å². The van der Waals surface area contributed by atoms with Crippen LogP contribution in [-0.2, 0) is 13.5 Å². The summed E-state index contributed by atoms with van der Waals surface area (Å²) in [5.74, 6) is 2.44. The zero-order valence-corrected chi connectivity index (χ0v) is 25.4. The molecule has 0 atom stereocenters. The van der Waals surface area contributed by atoms with Gasteiger partial charge in [-0.05, 0) is 51.1 Å².